The van der Waals surface area contributed by atoms with Gasteiger partial charge in [0.05, 0.1) is 6.10 Å². The van der Waals surface area contributed by atoms with Gasteiger partial charge in [-0.05, 0) is 37.8 Å². The normalized spacial score (nSPS) is 29.4. The van der Waals surface area contributed by atoms with Gasteiger partial charge in [0.2, 0.25) is 0 Å². The van der Waals surface area contributed by atoms with Gasteiger partial charge in [-0.2, -0.15) is 0 Å². The molecule has 2 nitrogen and oxygen atoms in total. The maximum absolute atomic E-state index is 5.79. The first-order chi connectivity index (χ1) is 9.56. The first-order valence-corrected chi connectivity index (χ1v) is 7.84. The van der Waals surface area contributed by atoms with Crippen molar-refractivity contribution in [3.8, 4) is 0 Å². The maximum atomic E-state index is 5.79. The monoisotopic (exact) mass is 275 g/mol. The Morgan fingerprint density at radius 1 is 1.35 bits per heavy atom. The lowest BCUT2D eigenvalue weighted by Gasteiger charge is -2.44. The Bertz CT molecular complexity index is 427. The lowest BCUT2D eigenvalue weighted by atomic mass is 9.71. The third-order valence-corrected chi connectivity index (χ3v) is 4.81. The molecule has 0 amide bonds. The molecule has 0 N–H and O–H groups in total. The minimum Gasteiger partial charge on any atom is -0.381 e. The van der Waals surface area contributed by atoms with Crippen molar-refractivity contribution in [1.29, 1.82) is 0 Å². The fourth-order valence-electron chi connectivity index (χ4n) is 4.02. The van der Waals surface area contributed by atoms with Crippen LogP contribution < -0.4 is 0 Å². The van der Waals surface area contributed by atoms with Crippen LogP contribution in [0, 0.1) is 18.8 Å². The summed E-state index contributed by atoms with van der Waals surface area (Å²) in [7, 11) is 4.10. The Hall–Kier alpha value is -0.860. The molecule has 1 aliphatic rings. The summed E-state index contributed by atoms with van der Waals surface area (Å²) in [5.74, 6) is 1.86. The van der Waals surface area contributed by atoms with Gasteiger partial charge in [0.1, 0.15) is 0 Å². The van der Waals surface area contributed by atoms with Crippen LogP contribution in [0.25, 0.3) is 0 Å². The Morgan fingerprint density at radius 3 is 2.70 bits per heavy atom. The van der Waals surface area contributed by atoms with E-state index in [4.69, 9.17) is 4.74 Å². The second-order valence-electron chi connectivity index (χ2n) is 6.48. The molecule has 2 heteroatoms. The predicted molar refractivity (Wildman–Crippen MR) is 85.2 cm³/mol. The highest BCUT2D eigenvalue weighted by atomic mass is 16.5. The molecular weight excluding hydrogens is 246 g/mol. The van der Waals surface area contributed by atoms with Crippen molar-refractivity contribution in [2.45, 2.75) is 39.2 Å². The number of rotatable bonds is 4. The van der Waals surface area contributed by atoms with Crippen molar-refractivity contribution in [2.75, 3.05) is 27.2 Å². The number of aryl methyl sites for hydroxylation is 1. The third-order valence-electron chi connectivity index (χ3n) is 4.81. The first kappa shape index (κ1) is 15.5. The summed E-state index contributed by atoms with van der Waals surface area (Å²) in [6, 6.07) is 9.04. The Morgan fingerprint density at radius 2 is 2.10 bits per heavy atom. The average Bonchev–Trinajstić information content (AvgIpc) is 2.39. The van der Waals surface area contributed by atoms with Crippen LogP contribution in [0.1, 0.15) is 37.3 Å². The van der Waals surface area contributed by atoms with Crippen molar-refractivity contribution in [1.82, 2.24) is 4.90 Å². The summed E-state index contributed by atoms with van der Waals surface area (Å²) in [5, 5.41) is 0. The molecule has 0 spiro atoms. The van der Waals surface area contributed by atoms with Crippen LogP contribution in [-0.2, 0) is 4.74 Å². The van der Waals surface area contributed by atoms with E-state index in [-0.39, 0.29) is 0 Å². The van der Waals surface area contributed by atoms with Gasteiger partial charge in [0.15, 0.2) is 0 Å². The standard InChI is InChI=1S/C18H29NO/c1-6-17(20-5)16-12-19(4)11-14(3)18(16)15-9-7-8-13(2)10-15/h7-10,14,16-18H,6,11-12H2,1-5H3/t14-,16-,17?,18-/m1/s1. The van der Waals surface area contributed by atoms with E-state index in [0.717, 1.165) is 13.0 Å². The fraction of sp³-hybridized carbons (Fsp3) is 0.667. The van der Waals surface area contributed by atoms with E-state index in [2.05, 4.69) is 57.0 Å². The number of benzene rings is 1. The number of ether oxygens (including phenoxy) is 1. The molecule has 1 aromatic carbocycles. The zero-order valence-electron chi connectivity index (χ0n) is 13.6. The van der Waals surface area contributed by atoms with Crippen LogP contribution in [-0.4, -0.2) is 38.3 Å². The molecule has 1 aliphatic heterocycles. The summed E-state index contributed by atoms with van der Waals surface area (Å²) < 4.78 is 5.79. The minimum absolute atomic E-state index is 0.353. The molecule has 1 saturated heterocycles. The quantitative estimate of drug-likeness (QED) is 0.830. The molecule has 1 heterocycles. The molecule has 0 aromatic heterocycles. The highest BCUT2D eigenvalue weighted by Gasteiger charge is 2.38. The van der Waals surface area contributed by atoms with Gasteiger partial charge in [-0.3, -0.25) is 0 Å². The SMILES string of the molecule is CCC(OC)[C@H]1CN(C)C[C@@H](C)[C@@H]1c1cccc(C)c1. The van der Waals surface area contributed by atoms with Gasteiger partial charge < -0.3 is 9.64 Å². The number of likely N-dealkylation sites (tertiary alicyclic amines) is 1. The average molecular weight is 275 g/mol. The van der Waals surface area contributed by atoms with Crippen LogP contribution >= 0.6 is 0 Å². The van der Waals surface area contributed by atoms with Gasteiger partial charge in [-0.15, -0.1) is 0 Å². The smallest absolute Gasteiger partial charge is 0.0615 e. The molecule has 112 valence electrons. The minimum atomic E-state index is 0.353. The van der Waals surface area contributed by atoms with Crippen LogP contribution in [0.2, 0.25) is 0 Å². The number of piperidine rings is 1. The molecule has 4 atom stereocenters. The third kappa shape index (κ3) is 3.24. The summed E-state index contributed by atoms with van der Waals surface area (Å²) in [4.78, 5) is 2.46. The summed E-state index contributed by atoms with van der Waals surface area (Å²) in [5.41, 5.74) is 2.85. The summed E-state index contributed by atoms with van der Waals surface area (Å²) in [6.45, 7) is 9.12. The summed E-state index contributed by atoms with van der Waals surface area (Å²) in [6.07, 6.45) is 1.44. The molecular formula is C18H29NO. The fourth-order valence-corrected chi connectivity index (χ4v) is 4.02. The van der Waals surface area contributed by atoms with Crippen molar-refractivity contribution in [3.05, 3.63) is 35.4 Å². The number of methoxy groups -OCH3 is 1. The molecule has 0 aliphatic carbocycles. The second-order valence-corrected chi connectivity index (χ2v) is 6.48. The van der Waals surface area contributed by atoms with Crippen molar-refractivity contribution >= 4 is 0 Å². The molecule has 20 heavy (non-hydrogen) atoms. The van der Waals surface area contributed by atoms with E-state index >= 15 is 0 Å². The van der Waals surface area contributed by atoms with E-state index in [1.807, 2.05) is 7.11 Å². The van der Waals surface area contributed by atoms with E-state index in [1.54, 1.807) is 0 Å². The summed E-state index contributed by atoms with van der Waals surface area (Å²) >= 11 is 0. The van der Waals surface area contributed by atoms with Gasteiger partial charge in [0, 0.05) is 26.1 Å². The number of nitrogens with zero attached hydrogens (tertiary/aromatic N) is 1. The van der Waals surface area contributed by atoms with Crippen LogP contribution in [0.15, 0.2) is 24.3 Å². The molecule has 2 rings (SSSR count). The van der Waals surface area contributed by atoms with Crippen molar-refractivity contribution in [3.63, 3.8) is 0 Å². The first-order valence-electron chi connectivity index (χ1n) is 7.84. The van der Waals surface area contributed by atoms with Gasteiger partial charge in [0.25, 0.3) is 0 Å². The largest absolute Gasteiger partial charge is 0.381 e. The van der Waals surface area contributed by atoms with Crippen LogP contribution in [0.5, 0.6) is 0 Å². The van der Waals surface area contributed by atoms with Gasteiger partial charge >= 0.3 is 0 Å². The van der Waals surface area contributed by atoms with Crippen molar-refractivity contribution < 1.29 is 4.74 Å². The van der Waals surface area contributed by atoms with E-state index in [9.17, 15) is 0 Å². The molecule has 1 aromatic rings. The molecule has 0 bridgehead atoms. The highest BCUT2D eigenvalue weighted by molar-refractivity contribution is 5.27. The maximum Gasteiger partial charge on any atom is 0.0615 e. The zero-order chi connectivity index (χ0) is 14.7. The van der Waals surface area contributed by atoms with Crippen molar-refractivity contribution in [2.24, 2.45) is 11.8 Å². The zero-order valence-corrected chi connectivity index (χ0v) is 13.6. The Balaban J connectivity index is 2.33. The van der Waals surface area contributed by atoms with Crippen LogP contribution in [0.3, 0.4) is 0 Å². The van der Waals surface area contributed by atoms with Gasteiger partial charge in [-0.1, -0.05) is 43.7 Å². The van der Waals surface area contributed by atoms with Gasteiger partial charge in [-0.25, -0.2) is 0 Å². The lowest BCUT2D eigenvalue weighted by Crippen LogP contribution is -2.47. The number of hydrogen-bond acceptors (Lipinski definition) is 2. The van der Waals surface area contributed by atoms with Crippen LogP contribution in [0.4, 0.5) is 0 Å². The van der Waals surface area contributed by atoms with E-state index < -0.39 is 0 Å². The molecule has 0 radical (unpaired) electrons. The molecule has 1 fully saturated rings. The van der Waals surface area contributed by atoms with E-state index in [0.29, 0.717) is 23.9 Å². The highest BCUT2D eigenvalue weighted by Crippen LogP contribution is 2.40. The topological polar surface area (TPSA) is 12.5 Å². The van der Waals surface area contributed by atoms with E-state index in [1.165, 1.54) is 17.7 Å². The predicted octanol–water partition coefficient (Wildman–Crippen LogP) is 3.70. The second kappa shape index (κ2) is 6.73. The Labute approximate surface area is 124 Å². The lowest BCUT2D eigenvalue weighted by molar-refractivity contribution is -0.00722. The number of hydrogen-bond donors (Lipinski definition) is 0. The Kier molecular flexibility index (Phi) is 5.22. The molecule has 0 saturated carbocycles. The molecule has 1 unspecified atom stereocenters.